The minimum atomic E-state index is -0.391. The van der Waals surface area contributed by atoms with E-state index < -0.39 is 6.04 Å². The standard InChI is InChI=1S/C24H18Cl2N2OS/c1-15(29)21-22(16-7-11-18(25)12-8-16)27-24(30)28(20-5-3-2-4-6-20)23(21)17-9-13-19(26)14-10-17/h2-14,22H,1H3,(H,27,30)/t22-/m1/s1. The average molecular weight is 453 g/mol. The number of hydrogen-bond donors (Lipinski definition) is 1. The van der Waals surface area contributed by atoms with Crippen molar-refractivity contribution in [3.05, 3.63) is 106 Å². The molecule has 0 saturated heterocycles. The summed E-state index contributed by atoms with van der Waals surface area (Å²) in [4.78, 5) is 14.9. The van der Waals surface area contributed by atoms with E-state index in [2.05, 4.69) is 5.32 Å². The Kier molecular flexibility index (Phi) is 5.91. The van der Waals surface area contributed by atoms with Gasteiger partial charge in [0, 0.05) is 21.3 Å². The van der Waals surface area contributed by atoms with E-state index in [-0.39, 0.29) is 5.78 Å². The molecule has 0 fully saturated rings. The fourth-order valence-corrected chi connectivity index (χ4v) is 4.18. The number of benzene rings is 3. The highest BCUT2D eigenvalue weighted by molar-refractivity contribution is 7.80. The number of ketones is 1. The van der Waals surface area contributed by atoms with Gasteiger partial charge in [0.25, 0.3) is 0 Å². The average Bonchev–Trinajstić information content (AvgIpc) is 2.74. The SMILES string of the molecule is CC(=O)C1=C(c2ccc(Cl)cc2)N(c2ccccc2)C(=S)N[C@@H]1c1ccc(Cl)cc1. The fourth-order valence-electron chi connectivity index (χ4n) is 3.61. The smallest absolute Gasteiger partial charge is 0.178 e. The van der Waals surface area contributed by atoms with Gasteiger partial charge in [0.2, 0.25) is 0 Å². The van der Waals surface area contributed by atoms with Crippen LogP contribution in [0.5, 0.6) is 0 Å². The van der Waals surface area contributed by atoms with Crippen LogP contribution in [0.1, 0.15) is 24.1 Å². The third-order valence-corrected chi connectivity index (χ3v) is 5.76. The highest BCUT2D eigenvalue weighted by Crippen LogP contribution is 2.39. The summed E-state index contributed by atoms with van der Waals surface area (Å²) >= 11 is 18.0. The molecule has 0 spiro atoms. The van der Waals surface area contributed by atoms with Gasteiger partial charge in [-0.05, 0) is 66.7 Å². The number of nitrogens with zero attached hydrogens (tertiary/aromatic N) is 1. The zero-order valence-corrected chi connectivity index (χ0v) is 18.4. The van der Waals surface area contributed by atoms with Crippen molar-refractivity contribution in [2.24, 2.45) is 0 Å². The molecule has 3 aromatic carbocycles. The van der Waals surface area contributed by atoms with E-state index in [4.69, 9.17) is 35.4 Å². The maximum absolute atomic E-state index is 13.0. The second kappa shape index (κ2) is 8.60. The van der Waals surface area contributed by atoms with E-state index in [1.54, 1.807) is 6.92 Å². The van der Waals surface area contributed by atoms with Crippen molar-refractivity contribution in [3.63, 3.8) is 0 Å². The molecular weight excluding hydrogens is 435 g/mol. The second-order valence-electron chi connectivity index (χ2n) is 6.93. The lowest BCUT2D eigenvalue weighted by Crippen LogP contribution is -2.47. The monoisotopic (exact) mass is 452 g/mol. The minimum absolute atomic E-state index is 0.0455. The first-order valence-electron chi connectivity index (χ1n) is 9.38. The van der Waals surface area contributed by atoms with Crippen LogP contribution >= 0.6 is 35.4 Å². The molecular formula is C24H18Cl2N2OS. The Balaban J connectivity index is 1.99. The number of Topliss-reactive ketones (excluding diaryl/α,β-unsaturated/α-hetero) is 1. The third-order valence-electron chi connectivity index (χ3n) is 4.95. The summed E-state index contributed by atoms with van der Waals surface area (Å²) < 4.78 is 0. The van der Waals surface area contributed by atoms with E-state index in [1.807, 2.05) is 83.8 Å². The van der Waals surface area contributed by atoms with Gasteiger partial charge in [0.05, 0.1) is 11.7 Å². The number of nitrogens with one attached hydrogen (secondary N) is 1. The van der Waals surface area contributed by atoms with Crippen LogP contribution in [-0.4, -0.2) is 10.9 Å². The number of carbonyl (C=O) groups excluding carboxylic acids is 1. The number of rotatable bonds is 4. The predicted octanol–water partition coefficient (Wildman–Crippen LogP) is 6.43. The maximum Gasteiger partial charge on any atom is 0.178 e. The van der Waals surface area contributed by atoms with Crippen LogP contribution in [-0.2, 0) is 4.79 Å². The van der Waals surface area contributed by atoms with E-state index in [1.165, 1.54) is 0 Å². The van der Waals surface area contributed by atoms with Gasteiger partial charge < -0.3 is 5.32 Å². The Morgan fingerprint density at radius 2 is 1.47 bits per heavy atom. The number of halogens is 2. The molecule has 3 aromatic rings. The highest BCUT2D eigenvalue weighted by atomic mass is 35.5. The molecule has 0 aliphatic carbocycles. The summed E-state index contributed by atoms with van der Waals surface area (Å²) in [5.41, 5.74) is 4.00. The number of carbonyl (C=O) groups is 1. The van der Waals surface area contributed by atoms with Gasteiger partial charge >= 0.3 is 0 Å². The van der Waals surface area contributed by atoms with Gasteiger partial charge in [-0.15, -0.1) is 0 Å². The van der Waals surface area contributed by atoms with Crippen LogP contribution in [0, 0.1) is 0 Å². The molecule has 0 aromatic heterocycles. The lowest BCUT2D eigenvalue weighted by atomic mass is 9.89. The molecule has 0 amide bonds. The largest absolute Gasteiger partial charge is 0.351 e. The first-order chi connectivity index (χ1) is 14.5. The molecule has 30 heavy (non-hydrogen) atoms. The predicted molar refractivity (Wildman–Crippen MR) is 128 cm³/mol. The van der Waals surface area contributed by atoms with Gasteiger partial charge in [0.1, 0.15) is 0 Å². The number of para-hydroxylation sites is 1. The Labute approximate surface area is 190 Å². The quantitative estimate of drug-likeness (QED) is 0.462. The summed E-state index contributed by atoms with van der Waals surface area (Å²) in [6.07, 6.45) is 0. The van der Waals surface area contributed by atoms with Crippen LogP contribution in [0.15, 0.2) is 84.4 Å². The molecule has 0 unspecified atom stereocenters. The Morgan fingerprint density at radius 1 is 0.900 bits per heavy atom. The zero-order valence-electron chi connectivity index (χ0n) is 16.1. The summed E-state index contributed by atoms with van der Waals surface area (Å²) in [6, 6.07) is 24.2. The van der Waals surface area contributed by atoms with Crippen LogP contribution < -0.4 is 10.2 Å². The fraction of sp³-hybridized carbons (Fsp3) is 0.0833. The molecule has 150 valence electrons. The van der Waals surface area contributed by atoms with Crippen LogP contribution in [0.25, 0.3) is 5.70 Å². The zero-order chi connectivity index (χ0) is 21.3. The van der Waals surface area contributed by atoms with E-state index in [0.717, 1.165) is 22.5 Å². The topological polar surface area (TPSA) is 32.3 Å². The first-order valence-corrected chi connectivity index (χ1v) is 10.5. The minimum Gasteiger partial charge on any atom is -0.351 e. The molecule has 0 radical (unpaired) electrons. The van der Waals surface area contributed by atoms with Crippen molar-refractivity contribution >= 4 is 57.7 Å². The Bertz CT molecular complexity index is 1130. The highest BCUT2D eigenvalue weighted by Gasteiger charge is 2.35. The molecule has 1 N–H and O–H groups in total. The summed E-state index contributed by atoms with van der Waals surface area (Å²) in [5.74, 6) is -0.0455. The summed E-state index contributed by atoms with van der Waals surface area (Å²) in [5, 5.41) is 5.12. The molecule has 1 aliphatic heterocycles. The van der Waals surface area contributed by atoms with E-state index >= 15 is 0 Å². The lowest BCUT2D eigenvalue weighted by Gasteiger charge is -2.39. The first kappa shape index (κ1) is 20.6. The van der Waals surface area contributed by atoms with Crippen molar-refractivity contribution in [1.29, 1.82) is 0 Å². The molecule has 6 heteroatoms. The molecule has 1 atom stereocenters. The number of thiocarbonyl (C=S) groups is 1. The van der Waals surface area contributed by atoms with Crippen molar-refractivity contribution < 1.29 is 4.79 Å². The van der Waals surface area contributed by atoms with Crippen LogP contribution in [0.3, 0.4) is 0 Å². The molecule has 1 heterocycles. The number of hydrogen-bond acceptors (Lipinski definition) is 2. The molecule has 3 nitrogen and oxygen atoms in total. The van der Waals surface area contributed by atoms with Gasteiger partial charge in [0.15, 0.2) is 10.9 Å². The van der Waals surface area contributed by atoms with E-state index in [0.29, 0.717) is 20.7 Å². The molecule has 4 rings (SSSR count). The van der Waals surface area contributed by atoms with E-state index in [9.17, 15) is 4.79 Å². The van der Waals surface area contributed by atoms with Crippen molar-refractivity contribution in [2.45, 2.75) is 13.0 Å². The van der Waals surface area contributed by atoms with Crippen LogP contribution in [0.4, 0.5) is 5.69 Å². The third kappa shape index (κ3) is 3.99. The Morgan fingerprint density at radius 3 is 2.03 bits per heavy atom. The summed E-state index contributed by atoms with van der Waals surface area (Å²) in [7, 11) is 0. The maximum atomic E-state index is 13.0. The summed E-state index contributed by atoms with van der Waals surface area (Å²) in [6.45, 7) is 1.58. The van der Waals surface area contributed by atoms with Crippen molar-refractivity contribution in [1.82, 2.24) is 5.32 Å². The molecule has 0 saturated carbocycles. The van der Waals surface area contributed by atoms with Crippen LogP contribution in [0.2, 0.25) is 10.0 Å². The van der Waals surface area contributed by atoms with Gasteiger partial charge in [-0.1, -0.05) is 65.7 Å². The lowest BCUT2D eigenvalue weighted by molar-refractivity contribution is -0.113. The van der Waals surface area contributed by atoms with Crippen molar-refractivity contribution in [2.75, 3.05) is 4.90 Å². The normalized spacial score (nSPS) is 16.4. The number of anilines is 1. The van der Waals surface area contributed by atoms with Crippen molar-refractivity contribution in [3.8, 4) is 0 Å². The van der Waals surface area contributed by atoms with Gasteiger partial charge in [-0.2, -0.15) is 0 Å². The van der Waals surface area contributed by atoms with Gasteiger partial charge in [-0.25, -0.2) is 0 Å². The molecule has 1 aliphatic rings. The van der Waals surface area contributed by atoms with Gasteiger partial charge in [-0.3, -0.25) is 9.69 Å². The Hall–Kier alpha value is -2.66. The second-order valence-corrected chi connectivity index (χ2v) is 8.19. The molecule has 0 bridgehead atoms.